The summed E-state index contributed by atoms with van der Waals surface area (Å²) < 4.78 is 23.1. The van der Waals surface area contributed by atoms with E-state index in [1.807, 2.05) is 19.1 Å². The van der Waals surface area contributed by atoms with Crippen LogP contribution in [-0.4, -0.2) is 48.3 Å². The maximum atomic E-state index is 13.1. The molecule has 1 aliphatic rings. The maximum Gasteiger partial charge on any atom is 0.347 e. The Morgan fingerprint density at radius 3 is 2.68 bits per heavy atom. The predicted octanol–water partition coefficient (Wildman–Crippen LogP) is 6.52. The SMILES string of the molecule is CCOC(=O)CON=C1CC[C@@H](C)[C@](C)(/C=C/C(C)=C/Cc2c(O)c(/C=N/O)c(C)c(Cl)c2OCF)[C@H]1C. The number of carbonyl (C=O) groups excluding carboxylic acids is 1. The molecule has 1 aliphatic carbocycles. The number of esters is 1. The molecular weight excluding hydrogens is 515 g/mol. The highest BCUT2D eigenvalue weighted by Crippen LogP contribution is 2.45. The predicted molar refractivity (Wildman–Crippen MR) is 146 cm³/mol. The molecule has 1 aromatic carbocycles. The van der Waals surface area contributed by atoms with Crippen molar-refractivity contribution in [3.63, 3.8) is 0 Å². The van der Waals surface area contributed by atoms with Gasteiger partial charge >= 0.3 is 5.97 Å². The molecular formula is C28H38ClFN2O6. The summed E-state index contributed by atoms with van der Waals surface area (Å²) in [6, 6.07) is 0. The van der Waals surface area contributed by atoms with Crippen molar-refractivity contribution in [3.8, 4) is 11.5 Å². The highest BCUT2D eigenvalue weighted by molar-refractivity contribution is 6.33. The van der Waals surface area contributed by atoms with Crippen LogP contribution in [0.3, 0.4) is 0 Å². The van der Waals surface area contributed by atoms with Gasteiger partial charge in [0.15, 0.2) is 0 Å². The Labute approximate surface area is 228 Å². The van der Waals surface area contributed by atoms with Gasteiger partial charge in [-0.25, -0.2) is 9.18 Å². The summed E-state index contributed by atoms with van der Waals surface area (Å²) >= 11 is 6.37. The standard InChI is InChI=1S/C28H38ClFN2O6/c1-7-36-24(33)15-38-32-23-11-9-18(3)28(6,20(23)5)13-12-17(2)8-10-21-26(34)22(14-31-35)19(4)25(29)27(21)37-16-30/h8,12-14,18,20,34-35H,7,9-11,15-16H2,1-6H3/b13-12+,17-8+,31-14+,32-23?/t18-,20+,28+/m1/s1. The van der Waals surface area contributed by atoms with Gasteiger partial charge in [-0.1, -0.05) is 66.5 Å². The third kappa shape index (κ3) is 7.28. The molecule has 0 spiro atoms. The van der Waals surface area contributed by atoms with Gasteiger partial charge in [-0.3, -0.25) is 0 Å². The van der Waals surface area contributed by atoms with Crippen LogP contribution in [0.25, 0.3) is 0 Å². The van der Waals surface area contributed by atoms with Crippen LogP contribution in [0.1, 0.15) is 64.2 Å². The van der Waals surface area contributed by atoms with Crippen LogP contribution in [0, 0.1) is 24.2 Å². The van der Waals surface area contributed by atoms with Crippen molar-refractivity contribution < 1.29 is 33.8 Å². The zero-order valence-electron chi connectivity index (χ0n) is 22.9. The quantitative estimate of drug-likeness (QED) is 0.106. The number of hydrogen-bond donors (Lipinski definition) is 2. The monoisotopic (exact) mass is 552 g/mol. The van der Waals surface area contributed by atoms with Crippen LogP contribution >= 0.6 is 11.6 Å². The molecule has 0 aromatic heterocycles. The minimum Gasteiger partial charge on any atom is -0.507 e. The van der Waals surface area contributed by atoms with E-state index in [0.717, 1.165) is 30.3 Å². The topological polar surface area (TPSA) is 110 Å². The molecule has 2 N–H and O–H groups in total. The van der Waals surface area contributed by atoms with E-state index in [1.54, 1.807) is 13.8 Å². The number of aromatic hydroxyl groups is 1. The van der Waals surface area contributed by atoms with Crippen molar-refractivity contribution in [2.24, 2.45) is 27.6 Å². The van der Waals surface area contributed by atoms with Crippen molar-refractivity contribution in [2.75, 3.05) is 20.1 Å². The lowest BCUT2D eigenvalue weighted by molar-refractivity contribution is -0.148. The third-order valence-electron chi connectivity index (χ3n) is 7.46. The number of carbonyl (C=O) groups is 1. The Hall–Kier alpha value is -3.07. The lowest BCUT2D eigenvalue weighted by Gasteiger charge is -2.43. The second-order valence-electron chi connectivity index (χ2n) is 9.68. The normalized spacial score (nSPS) is 23.4. The highest BCUT2D eigenvalue weighted by atomic mass is 35.5. The number of ether oxygens (including phenoxy) is 2. The number of phenols is 1. The van der Waals surface area contributed by atoms with Crippen molar-refractivity contribution >= 4 is 29.5 Å². The lowest BCUT2D eigenvalue weighted by Crippen LogP contribution is -2.40. The van der Waals surface area contributed by atoms with E-state index in [0.29, 0.717) is 23.7 Å². The summed E-state index contributed by atoms with van der Waals surface area (Å²) in [5.41, 5.74) is 2.52. The number of rotatable bonds is 11. The van der Waals surface area contributed by atoms with E-state index < -0.39 is 12.8 Å². The zero-order chi connectivity index (χ0) is 28.5. The Morgan fingerprint density at radius 2 is 2.05 bits per heavy atom. The van der Waals surface area contributed by atoms with Crippen LogP contribution in [0.15, 0.2) is 34.1 Å². The van der Waals surface area contributed by atoms with E-state index in [2.05, 4.69) is 37.2 Å². The van der Waals surface area contributed by atoms with Gasteiger partial charge in [0.25, 0.3) is 0 Å². The molecule has 0 amide bonds. The average molecular weight is 553 g/mol. The fraction of sp³-hybridized carbons (Fsp3) is 0.536. The second kappa shape index (κ2) is 14.2. The zero-order valence-corrected chi connectivity index (χ0v) is 23.6. The third-order valence-corrected chi connectivity index (χ3v) is 7.92. The number of benzene rings is 1. The van der Waals surface area contributed by atoms with Crippen molar-refractivity contribution in [1.82, 2.24) is 0 Å². The lowest BCUT2D eigenvalue weighted by atomic mass is 9.61. The molecule has 2 rings (SSSR count). The molecule has 0 radical (unpaired) electrons. The van der Waals surface area contributed by atoms with Gasteiger partial charge in [0.05, 0.1) is 23.6 Å². The van der Waals surface area contributed by atoms with Crippen molar-refractivity contribution in [3.05, 3.63) is 45.5 Å². The molecule has 38 heavy (non-hydrogen) atoms. The molecule has 8 nitrogen and oxygen atoms in total. The first-order valence-electron chi connectivity index (χ1n) is 12.6. The summed E-state index contributed by atoms with van der Waals surface area (Å²) in [6.07, 6.45) is 9.03. The second-order valence-corrected chi connectivity index (χ2v) is 10.1. The minimum atomic E-state index is -1.11. The molecule has 0 aliphatic heterocycles. The first-order valence-corrected chi connectivity index (χ1v) is 13.0. The number of phenolic OH excluding ortho intramolecular Hbond substituents is 1. The molecule has 1 aromatic rings. The Kier molecular flexibility index (Phi) is 11.6. The fourth-order valence-corrected chi connectivity index (χ4v) is 4.87. The average Bonchev–Trinajstić information content (AvgIpc) is 2.88. The highest BCUT2D eigenvalue weighted by Gasteiger charge is 2.41. The largest absolute Gasteiger partial charge is 0.507 e. The summed E-state index contributed by atoms with van der Waals surface area (Å²) in [5.74, 6) is -0.143. The van der Waals surface area contributed by atoms with Gasteiger partial charge in [-0.05, 0) is 56.9 Å². The number of alkyl halides is 1. The Bertz CT molecular complexity index is 1120. The smallest absolute Gasteiger partial charge is 0.347 e. The van der Waals surface area contributed by atoms with Crippen molar-refractivity contribution in [1.29, 1.82) is 0 Å². The van der Waals surface area contributed by atoms with Crippen LogP contribution in [0.5, 0.6) is 11.5 Å². The van der Waals surface area contributed by atoms with E-state index in [9.17, 15) is 14.3 Å². The van der Waals surface area contributed by atoms with E-state index >= 15 is 0 Å². The molecule has 210 valence electrons. The number of oxime groups is 2. The molecule has 1 fully saturated rings. The molecule has 10 heteroatoms. The fourth-order valence-electron chi connectivity index (χ4n) is 4.60. The van der Waals surface area contributed by atoms with Crippen LogP contribution < -0.4 is 4.74 Å². The molecule has 0 bridgehead atoms. The van der Waals surface area contributed by atoms with Crippen LogP contribution in [0.2, 0.25) is 5.02 Å². The summed E-state index contributed by atoms with van der Waals surface area (Å²) in [4.78, 5) is 16.8. The van der Waals surface area contributed by atoms with E-state index in [4.69, 9.17) is 31.1 Å². The number of nitrogens with zero attached hydrogens (tertiary/aromatic N) is 2. The summed E-state index contributed by atoms with van der Waals surface area (Å²) in [7, 11) is 0. The van der Waals surface area contributed by atoms with Crippen molar-refractivity contribution in [2.45, 2.75) is 60.8 Å². The van der Waals surface area contributed by atoms with Crippen LogP contribution in [-0.2, 0) is 20.8 Å². The Balaban J connectivity index is 2.28. The summed E-state index contributed by atoms with van der Waals surface area (Å²) in [6.45, 7) is 10.7. The minimum absolute atomic E-state index is 0.0532. The molecule has 0 heterocycles. The van der Waals surface area contributed by atoms with Gasteiger partial charge in [-0.2, -0.15) is 0 Å². The first-order chi connectivity index (χ1) is 18.0. The van der Waals surface area contributed by atoms with Crippen LogP contribution in [0.4, 0.5) is 4.39 Å². The molecule has 3 atom stereocenters. The maximum absolute atomic E-state index is 13.1. The Morgan fingerprint density at radius 1 is 1.34 bits per heavy atom. The molecule has 0 unspecified atom stereocenters. The molecule has 1 saturated carbocycles. The molecule has 0 saturated heterocycles. The van der Waals surface area contributed by atoms with Gasteiger partial charge in [0.1, 0.15) is 11.5 Å². The van der Waals surface area contributed by atoms with Gasteiger partial charge in [0, 0.05) is 17.0 Å². The number of hydrogen-bond acceptors (Lipinski definition) is 8. The van der Waals surface area contributed by atoms with Gasteiger partial charge < -0.3 is 24.6 Å². The van der Waals surface area contributed by atoms with E-state index in [-0.39, 0.29) is 46.4 Å². The number of halogens is 2. The first kappa shape index (κ1) is 31.1. The van der Waals surface area contributed by atoms with E-state index in [1.165, 1.54) is 0 Å². The van der Waals surface area contributed by atoms with Gasteiger partial charge in [0.2, 0.25) is 13.5 Å². The number of allylic oxidation sites excluding steroid dienone is 4. The summed E-state index contributed by atoms with van der Waals surface area (Å²) in [5, 5.41) is 27.2. The van der Waals surface area contributed by atoms with Gasteiger partial charge in [-0.15, -0.1) is 0 Å².